The number of allylic oxidation sites excluding steroid dienone is 1. The second-order valence-electron chi connectivity index (χ2n) is 10.0. The van der Waals surface area contributed by atoms with Crippen LogP contribution in [-0.2, 0) is 6.61 Å². The van der Waals surface area contributed by atoms with Crippen molar-refractivity contribution in [1.29, 1.82) is 0 Å². The zero-order valence-corrected chi connectivity index (χ0v) is 20.1. The third-order valence-corrected chi connectivity index (χ3v) is 7.69. The summed E-state index contributed by atoms with van der Waals surface area (Å²) >= 11 is 0. The van der Waals surface area contributed by atoms with Gasteiger partial charge in [0.25, 0.3) is 0 Å². The molecule has 1 fully saturated rings. The van der Waals surface area contributed by atoms with Crippen molar-refractivity contribution in [1.82, 2.24) is 10.2 Å². The molecule has 0 aromatic heterocycles. The highest BCUT2D eigenvalue weighted by Crippen LogP contribution is 2.49. The van der Waals surface area contributed by atoms with E-state index in [2.05, 4.69) is 66.5 Å². The third-order valence-electron chi connectivity index (χ3n) is 7.69. The van der Waals surface area contributed by atoms with Crippen molar-refractivity contribution < 1.29 is 9.84 Å². The lowest BCUT2D eigenvalue weighted by molar-refractivity contribution is -0.0918. The molecule has 2 unspecified atom stereocenters. The predicted molar refractivity (Wildman–Crippen MR) is 138 cm³/mol. The van der Waals surface area contributed by atoms with Crippen LogP contribution in [0.25, 0.3) is 5.57 Å². The van der Waals surface area contributed by atoms with Crippen LogP contribution < -0.4 is 10.1 Å². The van der Waals surface area contributed by atoms with E-state index in [-0.39, 0.29) is 0 Å². The number of nitrogens with one attached hydrogen (secondary N) is 1. The van der Waals surface area contributed by atoms with Crippen LogP contribution in [0.3, 0.4) is 0 Å². The lowest BCUT2D eigenvalue weighted by Gasteiger charge is -2.53. The smallest absolute Gasteiger partial charge is 0.120 e. The fraction of sp³-hybridized carbons (Fsp3) is 0.400. The molecule has 0 spiro atoms. The van der Waals surface area contributed by atoms with Gasteiger partial charge in [0.05, 0.1) is 11.6 Å². The lowest BCUT2D eigenvalue weighted by atomic mass is 9.64. The van der Waals surface area contributed by atoms with E-state index in [1.165, 1.54) is 22.4 Å². The molecule has 0 amide bonds. The van der Waals surface area contributed by atoms with Crippen LogP contribution in [0.1, 0.15) is 56.6 Å². The number of benzene rings is 2. The summed E-state index contributed by atoms with van der Waals surface area (Å²) in [6.07, 6.45) is 11.8. The normalized spacial score (nSPS) is 28.1. The van der Waals surface area contributed by atoms with E-state index in [0.29, 0.717) is 31.0 Å². The van der Waals surface area contributed by atoms with E-state index >= 15 is 0 Å². The zero-order chi connectivity index (χ0) is 23.5. The molecule has 4 nitrogen and oxygen atoms in total. The Kier molecular flexibility index (Phi) is 6.51. The molecule has 1 saturated carbocycles. The Morgan fingerprint density at radius 1 is 1.18 bits per heavy atom. The highest BCUT2D eigenvalue weighted by Gasteiger charge is 2.48. The van der Waals surface area contributed by atoms with E-state index < -0.39 is 5.60 Å². The number of fused-ring (bicyclic) bond motifs is 1. The first-order chi connectivity index (χ1) is 16.6. The van der Waals surface area contributed by atoms with Crippen LogP contribution in [0, 0.1) is 5.92 Å². The Balaban J connectivity index is 1.40. The summed E-state index contributed by atoms with van der Waals surface area (Å²) in [6.45, 7) is 6.64. The van der Waals surface area contributed by atoms with Gasteiger partial charge in [0.2, 0.25) is 0 Å². The highest BCUT2D eigenvalue weighted by atomic mass is 16.5. The summed E-state index contributed by atoms with van der Waals surface area (Å²) in [6, 6.07) is 19.6. The molecule has 2 N–H and O–H groups in total. The molecular formula is C30H36N2O2. The Bertz CT molecular complexity index is 1070. The van der Waals surface area contributed by atoms with Crippen molar-refractivity contribution in [3.63, 3.8) is 0 Å². The van der Waals surface area contributed by atoms with Crippen molar-refractivity contribution in [2.45, 2.75) is 69.7 Å². The van der Waals surface area contributed by atoms with Crippen LogP contribution >= 0.6 is 0 Å². The molecular weight excluding hydrogens is 420 g/mol. The predicted octanol–water partition coefficient (Wildman–Crippen LogP) is 6.01. The number of hydrogen-bond acceptors (Lipinski definition) is 4. The van der Waals surface area contributed by atoms with E-state index in [0.717, 1.165) is 37.9 Å². The van der Waals surface area contributed by atoms with Gasteiger partial charge in [0.1, 0.15) is 12.4 Å². The largest absolute Gasteiger partial charge is 0.489 e. The standard InChI is InChI=1S/C30H36N2O2/c1-3-15-30(33)19-24(20-30)28-14-13-26(29-27(4-2)31-16-17-32(28)29)23-11-8-12-25(18-23)34-21-22-9-6-5-7-10-22/h3,5-12,16-18,24,27-28,31,33H,1,4,13-15,19-21H2,2H3. The fourth-order valence-corrected chi connectivity index (χ4v) is 6.00. The van der Waals surface area contributed by atoms with Gasteiger partial charge >= 0.3 is 0 Å². The van der Waals surface area contributed by atoms with Crippen LogP contribution in [0.2, 0.25) is 0 Å². The molecule has 0 bridgehead atoms. The van der Waals surface area contributed by atoms with Crippen molar-refractivity contribution >= 4 is 5.57 Å². The molecule has 5 rings (SSSR count). The van der Waals surface area contributed by atoms with Gasteiger partial charge in [0, 0.05) is 24.1 Å². The topological polar surface area (TPSA) is 44.7 Å². The van der Waals surface area contributed by atoms with Crippen LogP contribution in [-0.4, -0.2) is 27.7 Å². The fourth-order valence-electron chi connectivity index (χ4n) is 6.00. The van der Waals surface area contributed by atoms with Gasteiger partial charge in [-0.25, -0.2) is 0 Å². The molecule has 2 heterocycles. The van der Waals surface area contributed by atoms with Gasteiger partial charge in [-0.1, -0.05) is 55.5 Å². The third kappa shape index (κ3) is 4.52. The maximum Gasteiger partial charge on any atom is 0.120 e. The molecule has 1 aliphatic carbocycles. The number of ether oxygens (including phenoxy) is 1. The first kappa shape index (κ1) is 22.8. The van der Waals surface area contributed by atoms with Crippen LogP contribution in [0.5, 0.6) is 5.75 Å². The summed E-state index contributed by atoms with van der Waals surface area (Å²) in [5.41, 5.74) is 4.66. The minimum absolute atomic E-state index is 0.295. The van der Waals surface area contributed by atoms with Gasteiger partial charge in [-0.05, 0) is 73.3 Å². The molecule has 2 aromatic carbocycles. The van der Waals surface area contributed by atoms with E-state index in [1.54, 1.807) is 0 Å². The zero-order valence-electron chi connectivity index (χ0n) is 20.1. The van der Waals surface area contributed by atoms with Crippen LogP contribution in [0.15, 0.2) is 85.3 Å². The second kappa shape index (κ2) is 9.71. The molecule has 2 aliphatic heterocycles. The quantitative estimate of drug-likeness (QED) is 0.478. The van der Waals surface area contributed by atoms with Crippen molar-refractivity contribution in [3.8, 4) is 5.75 Å². The second-order valence-corrected chi connectivity index (χ2v) is 10.0. The summed E-state index contributed by atoms with van der Waals surface area (Å²) in [7, 11) is 0. The Morgan fingerprint density at radius 3 is 2.76 bits per heavy atom. The Morgan fingerprint density at radius 2 is 2.00 bits per heavy atom. The summed E-state index contributed by atoms with van der Waals surface area (Å²) < 4.78 is 6.14. The first-order valence-corrected chi connectivity index (χ1v) is 12.6. The van der Waals surface area contributed by atoms with Crippen LogP contribution in [0.4, 0.5) is 0 Å². The molecule has 178 valence electrons. The summed E-state index contributed by atoms with van der Waals surface area (Å²) in [5, 5.41) is 14.3. The summed E-state index contributed by atoms with van der Waals surface area (Å²) in [4.78, 5) is 2.51. The molecule has 2 aromatic rings. The minimum Gasteiger partial charge on any atom is -0.489 e. The average Bonchev–Trinajstić information content (AvgIpc) is 2.86. The molecule has 34 heavy (non-hydrogen) atoms. The number of nitrogens with zero attached hydrogens (tertiary/aromatic N) is 1. The minimum atomic E-state index is -0.553. The maximum absolute atomic E-state index is 10.8. The molecule has 0 saturated heterocycles. The molecule has 3 aliphatic rings. The number of hydrogen-bond donors (Lipinski definition) is 2. The molecule has 4 heteroatoms. The highest BCUT2D eigenvalue weighted by molar-refractivity contribution is 5.72. The maximum atomic E-state index is 10.8. The van der Waals surface area contributed by atoms with Gasteiger partial charge < -0.3 is 20.1 Å². The Hall–Kier alpha value is -2.98. The average molecular weight is 457 g/mol. The van der Waals surface area contributed by atoms with Crippen molar-refractivity contribution in [2.24, 2.45) is 5.92 Å². The van der Waals surface area contributed by atoms with Gasteiger partial charge in [0.15, 0.2) is 0 Å². The van der Waals surface area contributed by atoms with Gasteiger partial charge in [-0.2, -0.15) is 0 Å². The number of aliphatic hydroxyl groups is 1. The van der Waals surface area contributed by atoms with Gasteiger partial charge in [-0.15, -0.1) is 6.58 Å². The Labute approximate surface area is 203 Å². The summed E-state index contributed by atoms with van der Waals surface area (Å²) in [5.74, 6) is 1.42. The van der Waals surface area contributed by atoms with E-state index in [4.69, 9.17) is 4.74 Å². The first-order valence-electron chi connectivity index (χ1n) is 12.6. The monoisotopic (exact) mass is 456 g/mol. The van der Waals surface area contributed by atoms with Crippen molar-refractivity contribution in [3.05, 3.63) is 96.5 Å². The molecule has 2 atom stereocenters. The van der Waals surface area contributed by atoms with Gasteiger partial charge in [-0.3, -0.25) is 0 Å². The lowest BCUT2D eigenvalue weighted by Crippen LogP contribution is -2.55. The SMILES string of the molecule is C=CCC1(O)CC(C2CCC(c3cccc(OCc4ccccc4)c3)=C3C(CC)NC=CN32)C1. The van der Waals surface area contributed by atoms with E-state index in [1.807, 2.05) is 30.3 Å². The molecule has 0 radical (unpaired) electrons. The number of rotatable bonds is 8. The van der Waals surface area contributed by atoms with E-state index in [9.17, 15) is 5.11 Å². The van der Waals surface area contributed by atoms with Crippen molar-refractivity contribution in [2.75, 3.05) is 0 Å².